The smallest absolute Gasteiger partial charge is 0.229 e. The van der Waals surface area contributed by atoms with Crippen molar-refractivity contribution in [2.45, 2.75) is 33.2 Å². The summed E-state index contributed by atoms with van der Waals surface area (Å²) in [6.45, 7) is 10.1. The van der Waals surface area contributed by atoms with Gasteiger partial charge >= 0.3 is 0 Å². The second kappa shape index (κ2) is 6.38. The summed E-state index contributed by atoms with van der Waals surface area (Å²) in [6, 6.07) is 1.98. The number of piperidine rings is 1. The fourth-order valence-electron chi connectivity index (χ4n) is 3.44. The Kier molecular flexibility index (Phi) is 4.49. The molecule has 0 aliphatic carbocycles. The van der Waals surface area contributed by atoms with Crippen molar-refractivity contribution < 1.29 is 9.32 Å². The molecule has 2 saturated heterocycles. The Hall–Kier alpha value is -1.40. The Bertz CT molecular complexity index is 514. The Balaban J connectivity index is 1.51. The molecule has 1 atom stereocenters. The van der Waals surface area contributed by atoms with E-state index in [2.05, 4.69) is 22.3 Å². The molecule has 1 aromatic heterocycles. The van der Waals surface area contributed by atoms with Crippen LogP contribution in [0.4, 0.5) is 0 Å². The highest BCUT2D eigenvalue weighted by atomic mass is 16.5. The van der Waals surface area contributed by atoms with Gasteiger partial charge in [-0.05, 0) is 33.2 Å². The Morgan fingerprint density at radius 3 is 2.77 bits per heavy atom. The molecule has 2 aliphatic rings. The van der Waals surface area contributed by atoms with Gasteiger partial charge in [-0.1, -0.05) is 5.16 Å². The number of piperazine rings is 1. The first-order valence-electron chi connectivity index (χ1n) is 8.21. The lowest BCUT2D eigenvalue weighted by atomic mass is 9.81. The topological polar surface area (TPSA) is 61.6 Å². The van der Waals surface area contributed by atoms with Crippen LogP contribution in [0, 0.1) is 12.3 Å². The van der Waals surface area contributed by atoms with Crippen LogP contribution >= 0.6 is 0 Å². The molecule has 0 bridgehead atoms. The van der Waals surface area contributed by atoms with Gasteiger partial charge in [-0.3, -0.25) is 9.69 Å². The third kappa shape index (κ3) is 3.33. The molecular formula is C16H26N4O2. The molecule has 0 spiro atoms. The number of aromatic nitrogens is 1. The van der Waals surface area contributed by atoms with Gasteiger partial charge in [0, 0.05) is 38.8 Å². The number of amides is 1. The van der Waals surface area contributed by atoms with Crippen molar-refractivity contribution in [2.75, 3.05) is 39.3 Å². The van der Waals surface area contributed by atoms with E-state index in [-0.39, 0.29) is 5.41 Å². The van der Waals surface area contributed by atoms with Crippen molar-refractivity contribution in [3.05, 3.63) is 17.5 Å². The van der Waals surface area contributed by atoms with Crippen LogP contribution < -0.4 is 5.32 Å². The van der Waals surface area contributed by atoms with Gasteiger partial charge in [0.25, 0.3) is 0 Å². The van der Waals surface area contributed by atoms with E-state index >= 15 is 0 Å². The number of rotatable bonds is 3. The molecule has 2 fully saturated rings. The summed E-state index contributed by atoms with van der Waals surface area (Å²) in [5.41, 5.74) is 0.698. The molecule has 122 valence electrons. The Morgan fingerprint density at radius 2 is 2.18 bits per heavy atom. The molecule has 3 heterocycles. The predicted octanol–water partition coefficient (Wildman–Crippen LogP) is 1.02. The summed E-state index contributed by atoms with van der Waals surface area (Å²) in [4.78, 5) is 17.1. The zero-order chi connectivity index (χ0) is 15.6. The fraction of sp³-hybridized carbons (Fsp3) is 0.750. The van der Waals surface area contributed by atoms with E-state index in [1.54, 1.807) is 0 Å². The predicted molar refractivity (Wildman–Crippen MR) is 83.3 cm³/mol. The van der Waals surface area contributed by atoms with Gasteiger partial charge in [-0.25, -0.2) is 0 Å². The van der Waals surface area contributed by atoms with Crippen molar-refractivity contribution in [3.63, 3.8) is 0 Å². The summed E-state index contributed by atoms with van der Waals surface area (Å²) in [7, 11) is 0. The van der Waals surface area contributed by atoms with E-state index in [4.69, 9.17) is 4.52 Å². The maximum Gasteiger partial charge on any atom is 0.229 e. The molecular weight excluding hydrogens is 280 g/mol. The Morgan fingerprint density at radius 1 is 1.41 bits per heavy atom. The molecule has 0 radical (unpaired) electrons. The number of carbonyl (C=O) groups excluding carboxylic acids is 1. The van der Waals surface area contributed by atoms with Crippen LogP contribution in [-0.4, -0.2) is 60.1 Å². The van der Waals surface area contributed by atoms with Gasteiger partial charge in [-0.2, -0.15) is 0 Å². The van der Waals surface area contributed by atoms with Crippen molar-refractivity contribution in [3.8, 4) is 0 Å². The van der Waals surface area contributed by atoms with E-state index < -0.39 is 0 Å². The average molecular weight is 306 g/mol. The molecule has 1 aromatic rings. The van der Waals surface area contributed by atoms with Gasteiger partial charge in [-0.15, -0.1) is 0 Å². The van der Waals surface area contributed by atoms with Crippen LogP contribution in [0.2, 0.25) is 0 Å². The Labute approximate surface area is 131 Å². The number of nitrogens with one attached hydrogen (secondary N) is 1. The average Bonchev–Trinajstić information content (AvgIpc) is 2.93. The van der Waals surface area contributed by atoms with E-state index in [0.29, 0.717) is 5.91 Å². The maximum atomic E-state index is 12.8. The van der Waals surface area contributed by atoms with Gasteiger partial charge in [0.15, 0.2) is 5.76 Å². The van der Waals surface area contributed by atoms with Crippen molar-refractivity contribution in [1.82, 2.24) is 20.3 Å². The van der Waals surface area contributed by atoms with Gasteiger partial charge in [0.1, 0.15) is 0 Å². The van der Waals surface area contributed by atoms with E-state index in [9.17, 15) is 4.79 Å². The van der Waals surface area contributed by atoms with Crippen LogP contribution in [0.1, 0.15) is 31.2 Å². The number of hydrogen-bond acceptors (Lipinski definition) is 5. The molecule has 1 amide bonds. The molecule has 1 unspecified atom stereocenters. The number of aryl methyl sites for hydroxylation is 1. The van der Waals surface area contributed by atoms with Crippen LogP contribution in [0.25, 0.3) is 0 Å². The van der Waals surface area contributed by atoms with Gasteiger partial charge < -0.3 is 14.7 Å². The number of hydrogen-bond donors (Lipinski definition) is 1. The van der Waals surface area contributed by atoms with Crippen LogP contribution in [0.3, 0.4) is 0 Å². The second-order valence-corrected chi connectivity index (χ2v) is 6.84. The van der Waals surface area contributed by atoms with Crippen LogP contribution in [-0.2, 0) is 11.3 Å². The summed E-state index contributed by atoms with van der Waals surface area (Å²) in [5, 5.41) is 7.28. The van der Waals surface area contributed by atoms with Crippen LogP contribution in [0.15, 0.2) is 10.6 Å². The molecule has 22 heavy (non-hydrogen) atoms. The quantitative estimate of drug-likeness (QED) is 0.903. The lowest BCUT2D eigenvalue weighted by Gasteiger charge is -2.41. The molecule has 1 N–H and O–H groups in total. The lowest BCUT2D eigenvalue weighted by Crippen LogP contribution is -2.55. The van der Waals surface area contributed by atoms with E-state index in [0.717, 1.165) is 70.1 Å². The maximum absolute atomic E-state index is 12.8. The number of nitrogens with zero attached hydrogens (tertiary/aromatic N) is 3. The van der Waals surface area contributed by atoms with Crippen LogP contribution in [0.5, 0.6) is 0 Å². The zero-order valence-electron chi connectivity index (χ0n) is 13.6. The minimum Gasteiger partial charge on any atom is -0.360 e. The molecule has 0 aromatic carbocycles. The second-order valence-electron chi connectivity index (χ2n) is 6.84. The highest BCUT2D eigenvalue weighted by Gasteiger charge is 2.38. The molecule has 2 aliphatic heterocycles. The minimum absolute atomic E-state index is 0.220. The van der Waals surface area contributed by atoms with Crippen molar-refractivity contribution >= 4 is 5.91 Å². The van der Waals surface area contributed by atoms with Gasteiger partial charge in [0.2, 0.25) is 5.91 Å². The fourth-order valence-corrected chi connectivity index (χ4v) is 3.44. The molecule has 3 rings (SSSR count). The number of carbonyl (C=O) groups is 1. The summed E-state index contributed by atoms with van der Waals surface area (Å²) in [6.07, 6.45) is 2.09. The van der Waals surface area contributed by atoms with Crippen molar-refractivity contribution in [1.29, 1.82) is 0 Å². The first-order valence-corrected chi connectivity index (χ1v) is 8.21. The van der Waals surface area contributed by atoms with Crippen molar-refractivity contribution in [2.24, 2.45) is 5.41 Å². The highest BCUT2D eigenvalue weighted by Crippen LogP contribution is 2.28. The minimum atomic E-state index is -0.220. The first-order chi connectivity index (χ1) is 10.6. The van der Waals surface area contributed by atoms with E-state index in [1.807, 2.05) is 17.9 Å². The summed E-state index contributed by atoms with van der Waals surface area (Å²) in [5.74, 6) is 1.22. The van der Waals surface area contributed by atoms with E-state index in [1.165, 1.54) is 0 Å². The SMILES string of the molecule is Cc1cc(CN2CCN(C(=O)C3(C)CCCNC3)CC2)on1. The monoisotopic (exact) mass is 306 g/mol. The molecule has 6 nitrogen and oxygen atoms in total. The molecule has 6 heteroatoms. The third-order valence-electron chi connectivity index (χ3n) is 4.83. The van der Waals surface area contributed by atoms with Gasteiger partial charge in [0.05, 0.1) is 17.7 Å². The highest BCUT2D eigenvalue weighted by molar-refractivity contribution is 5.82. The molecule has 0 saturated carbocycles. The largest absolute Gasteiger partial charge is 0.360 e. The normalized spacial score (nSPS) is 27.1. The summed E-state index contributed by atoms with van der Waals surface area (Å²) >= 11 is 0. The lowest BCUT2D eigenvalue weighted by molar-refractivity contribution is -0.144. The third-order valence-corrected chi connectivity index (χ3v) is 4.83. The summed E-state index contributed by atoms with van der Waals surface area (Å²) < 4.78 is 5.27. The first kappa shape index (κ1) is 15.5. The zero-order valence-corrected chi connectivity index (χ0v) is 13.6. The standard InChI is InChI=1S/C16H26N4O2/c1-13-10-14(22-18-13)11-19-6-8-20(9-7-19)15(21)16(2)4-3-5-17-12-16/h10,17H,3-9,11-12H2,1-2H3.